The Morgan fingerprint density at radius 2 is 1.86 bits per heavy atom. The van der Waals surface area contributed by atoms with Gasteiger partial charge in [-0.1, -0.05) is 30.3 Å². The predicted octanol–water partition coefficient (Wildman–Crippen LogP) is 4.68. The van der Waals surface area contributed by atoms with Gasteiger partial charge in [-0.2, -0.15) is 0 Å². The molecule has 2 aromatic carbocycles. The van der Waals surface area contributed by atoms with E-state index in [9.17, 15) is 9.18 Å². The number of hydrogen-bond acceptors (Lipinski definition) is 4. The zero-order valence-electron chi connectivity index (χ0n) is 15.8. The highest BCUT2D eigenvalue weighted by Crippen LogP contribution is 2.27. The third kappa shape index (κ3) is 5.07. The second kappa shape index (κ2) is 8.99. The van der Waals surface area contributed by atoms with Crippen LogP contribution < -0.4 is 15.4 Å². The van der Waals surface area contributed by atoms with Crippen molar-refractivity contribution >= 4 is 17.4 Å². The Morgan fingerprint density at radius 3 is 2.64 bits per heavy atom. The van der Waals surface area contributed by atoms with Gasteiger partial charge in [-0.25, -0.2) is 9.37 Å². The molecule has 5 nitrogen and oxygen atoms in total. The molecule has 0 unspecified atom stereocenters. The summed E-state index contributed by atoms with van der Waals surface area (Å²) < 4.78 is 19.5. The molecular weight excluding hydrogens is 357 g/mol. The first-order valence-electron chi connectivity index (χ1n) is 9.03. The number of ether oxygens (including phenoxy) is 1. The van der Waals surface area contributed by atoms with Crippen molar-refractivity contribution in [2.75, 3.05) is 5.32 Å². The van der Waals surface area contributed by atoms with Crippen LogP contribution in [-0.4, -0.2) is 17.0 Å². The quantitative estimate of drug-likeness (QED) is 0.626. The van der Waals surface area contributed by atoms with E-state index in [4.69, 9.17) is 4.74 Å². The molecule has 0 bridgehead atoms. The van der Waals surface area contributed by atoms with Crippen LogP contribution in [0.5, 0.6) is 5.75 Å². The molecule has 1 amide bonds. The smallest absolute Gasteiger partial charge is 0.251 e. The number of hydrogen-bond donors (Lipinski definition) is 2. The normalized spacial score (nSPS) is 10.6. The van der Waals surface area contributed by atoms with Gasteiger partial charge in [0.05, 0.1) is 11.8 Å². The lowest BCUT2D eigenvalue weighted by atomic mass is 10.2. The predicted molar refractivity (Wildman–Crippen MR) is 107 cm³/mol. The van der Waals surface area contributed by atoms with Crippen molar-refractivity contribution in [2.45, 2.75) is 26.5 Å². The van der Waals surface area contributed by atoms with Gasteiger partial charge in [0.25, 0.3) is 5.91 Å². The summed E-state index contributed by atoms with van der Waals surface area (Å²) >= 11 is 0. The van der Waals surface area contributed by atoms with Gasteiger partial charge in [-0.05, 0) is 44.2 Å². The number of anilines is 2. The molecule has 0 fully saturated rings. The van der Waals surface area contributed by atoms with Crippen molar-refractivity contribution in [3.8, 4) is 5.75 Å². The van der Waals surface area contributed by atoms with Gasteiger partial charge in [0.1, 0.15) is 17.4 Å². The molecule has 3 aromatic rings. The van der Waals surface area contributed by atoms with Gasteiger partial charge in [0, 0.05) is 23.9 Å². The summed E-state index contributed by atoms with van der Waals surface area (Å²) in [5.41, 5.74) is 1.62. The lowest BCUT2D eigenvalue weighted by Crippen LogP contribution is -2.23. The van der Waals surface area contributed by atoms with E-state index in [0.29, 0.717) is 22.7 Å². The Hall–Kier alpha value is -3.41. The van der Waals surface area contributed by atoms with Crippen LogP contribution >= 0.6 is 0 Å². The fourth-order valence-corrected chi connectivity index (χ4v) is 2.62. The molecule has 0 saturated carbocycles. The van der Waals surface area contributed by atoms with E-state index >= 15 is 0 Å². The first kappa shape index (κ1) is 19.4. The molecule has 0 aliphatic heterocycles. The Labute approximate surface area is 163 Å². The standard InChI is InChI=1S/C22H22FN3O2/c1-15(2)28-20-10-6-5-9-19(20)26-21-13-16(11-12-24-21)22(27)25-14-17-7-3-4-8-18(17)23/h3-13,15H,14H2,1-2H3,(H,24,26)(H,25,27). The zero-order valence-corrected chi connectivity index (χ0v) is 15.8. The number of halogens is 1. The molecule has 1 aromatic heterocycles. The van der Waals surface area contributed by atoms with E-state index in [1.165, 1.54) is 6.07 Å². The molecule has 0 spiro atoms. The number of nitrogens with one attached hydrogen (secondary N) is 2. The van der Waals surface area contributed by atoms with Gasteiger partial charge in [0.2, 0.25) is 0 Å². The van der Waals surface area contributed by atoms with Crippen LogP contribution in [0.15, 0.2) is 66.9 Å². The van der Waals surface area contributed by atoms with Gasteiger partial charge in [-0.3, -0.25) is 4.79 Å². The minimum atomic E-state index is -0.346. The Bertz CT molecular complexity index is 960. The number of amides is 1. The molecule has 6 heteroatoms. The maximum absolute atomic E-state index is 13.7. The molecule has 144 valence electrons. The number of nitrogens with zero attached hydrogens (tertiary/aromatic N) is 1. The molecule has 0 aliphatic carbocycles. The maximum Gasteiger partial charge on any atom is 0.251 e. The second-order valence-electron chi connectivity index (χ2n) is 6.49. The second-order valence-corrected chi connectivity index (χ2v) is 6.49. The van der Waals surface area contributed by atoms with E-state index in [0.717, 1.165) is 5.69 Å². The highest BCUT2D eigenvalue weighted by Gasteiger charge is 2.10. The molecule has 1 heterocycles. The average Bonchev–Trinajstić information content (AvgIpc) is 2.68. The van der Waals surface area contributed by atoms with Crippen LogP contribution in [0.3, 0.4) is 0 Å². The number of rotatable bonds is 7. The Morgan fingerprint density at radius 1 is 1.11 bits per heavy atom. The topological polar surface area (TPSA) is 63.2 Å². The first-order chi connectivity index (χ1) is 13.5. The lowest BCUT2D eigenvalue weighted by Gasteiger charge is -2.15. The molecule has 28 heavy (non-hydrogen) atoms. The highest BCUT2D eigenvalue weighted by atomic mass is 19.1. The van der Waals surface area contributed by atoms with E-state index in [1.54, 1.807) is 36.5 Å². The third-order valence-corrected chi connectivity index (χ3v) is 3.93. The highest BCUT2D eigenvalue weighted by molar-refractivity contribution is 5.94. The number of aromatic nitrogens is 1. The van der Waals surface area contributed by atoms with E-state index in [1.807, 2.05) is 38.1 Å². The Kier molecular flexibility index (Phi) is 6.22. The van der Waals surface area contributed by atoms with Crippen molar-refractivity contribution in [3.63, 3.8) is 0 Å². The SMILES string of the molecule is CC(C)Oc1ccccc1Nc1cc(C(=O)NCc2ccccc2F)ccn1. The maximum atomic E-state index is 13.7. The summed E-state index contributed by atoms with van der Waals surface area (Å²) in [5.74, 6) is 0.564. The summed E-state index contributed by atoms with van der Waals surface area (Å²) in [4.78, 5) is 16.7. The first-order valence-corrected chi connectivity index (χ1v) is 9.03. The van der Waals surface area contributed by atoms with Crippen molar-refractivity contribution in [1.82, 2.24) is 10.3 Å². The average molecular weight is 379 g/mol. The minimum absolute atomic E-state index is 0.0337. The van der Waals surface area contributed by atoms with Gasteiger partial charge < -0.3 is 15.4 Å². The van der Waals surface area contributed by atoms with E-state index < -0.39 is 0 Å². The molecule has 0 radical (unpaired) electrons. The number of pyridine rings is 1. The van der Waals surface area contributed by atoms with E-state index in [-0.39, 0.29) is 24.4 Å². The summed E-state index contributed by atoms with van der Waals surface area (Å²) in [6.07, 6.45) is 1.58. The minimum Gasteiger partial charge on any atom is -0.489 e. The molecule has 0 aliphatic rings. The molecule has 3 rings (SSSR count). The summed E-state index contributed by atoms with van der Waals surface area (Å²) in [6, 6.07) is 17.1. The largest absolute Gasteiger partial charge is 0.489 e. The molecule has 0 saturated heterocycles. The zero-order chi connectivity index (χ0) is 19.9. The summed E-state index contributed by atoms with van der Waals surface area (Å²) in [5, 5.41) is 5.91. The van der Waals surface area contributed by atoms with Crippen LogP contribution in [-0.2, 0) is 6.54 Å². The summed E-state index contributed by atoms with van der Waals surface area (Å²) in [6.45, 7) is 4.02. The van der Waals surface area contributed by atoms with Crippen molar-refractivity contribution in [3.05, 3.63) is 83.8 Å². The fourth-order valence-electron chi connectivity index (χ4n) is 2.62. The van der Waals surface area contributed by atoms with Crippen molar-refractivity contribution < 1.29 is 13.9 Å². The summed E-state index contributed by atoms with van der Waals surface area (Å²) in [7, 11) is 0. The van der Waals surface area contributed by atoms with Gasteiger partial charge >= 0.3 is 0 Å². The number of carbonyl (C=O) groups excluding carboxylic acids is 1. The van der Waals surface area contributed by atoms with Crippen LogP contribution in [0.1, 0.15) is 29.8 Å². The third-order valence-electron chi connectivity index (χ3n) is 3.93. The van der Waals surface area contributed by atoms with Crippen LogP contribution in [0.25, 0.3) is 0 Å². The molecule has 0 atom stereocenters. The van der Waals surface area contributed by atoms with Crippen LogP contribution in [0.2, 0.25) is 0 Å². The lowest BCUT2D eigenvalue weighted by molar-refractivity contribution is 0.0950. The number of carbonyl (C=O) groups is 1. The molecular formula is C22H22FN3O2. The number of benzene rings is 2. The van der Waals surface area contributed by atoms with Crippen LogP contribution in [0.4, 0.5) is 15.9 Å². The van der Waals surface area contributed by atoms with Gasteiger partial charge in [0.15, 0.2) is 0 Å². The fraction of sp³-hybridized carbons (Fsp3) is 0.182. The van der Waals surface area contributed by atoms with Crippen molar-refractivity contribution in [1.29, 1.82) is 0 Å². The monoisotopic (exact) mass is 379 g/mol. The van der Waals surface area contributed by atoms with Crippen LogP contribution in [0, 0.1) is 5.82 Å². The van der Waals surface area contributed by atoms with E-state index in [2.05, 4.69) is 15.6 Å². The van der Waals surface area contributed by atoms with Gasteiger partial charge in [-0.15, -0.1) is 0 Å². The Balaban J connectivity index is 1.70. The number of para-hydroxylation sites is 2. The molecule has 2 N–H and O–H groups in total. The van der Waals surface area contributed by atoms with Crippen molar-refractivity contribution in [2.24, 2.45) is 0 Å².